The van der Waals surface area contributed by atoms with Gasteiger partial charge in [0.25, 0.3) is 0 Å². The SMILES string of the molecule is Cc1ccc2c(c1)C(NC[C@@H]1CC(=O)N(C)[C@H]1c1cnn(C)c1)CC2. The third-order valence-corrected chi connectivity index (χ3v) is 5.77. The third-order valence-electron chi connectivity index (χ3n) is 5.77. The van der Waals surface area contributed by atoms with Gasteiger partial charge in [0.05, 0.1) is 12.2 Å². The second-order valence-corrected chi connectivity index (χ2v) is 7.56. The van der Waals surface area contributed by atoms with Crippen LogP contribution < -0.4 is 5.32 Å². The summed E-state index contributed by atoms with van der Waals surface area (Å²) in [6.45, 7) is 3.01. The Morgan fingerprint density at radius 2 is 2.16 bits per heavy atom. The van der Waals surface area contributed by atoms with Crippen LogP contribution in [0.4, 0.5) is 0 Å². The quantitative estimate of drug-likeness (QED) is 0.932. The number of hydrogen-bond acceptors (Lipinski definition) is 3. The van der Waals surface area contributed by atoms with E-state index < -0.39 is 0 Å². The van der Waals surface area contributed by atoms with Gasteiger partial charge in [-0.15, -0.1) is 0 Å². The Balaban J connectivity index is 1.49. The molecule has 132 valence electrons. The van der Waals surface area contributed by atoms with E-state index in [0.717, 1.165) is 24.9 Å². The molecule has 0 bridgehead atoms. The van der Waals surface area contributed by atoms with Gasteiger partial charge in [-0.25, -0.2) is 0 Å². The Morgan fingerprint density at radius 1 is 1.32 bits per heavy atom. The van der Waals surface area contributed by atoms with E-state index in [9.17, 15) is 4.79 Å². The molecule has 25 heavy (non-hydrogen) atoms. The van der Waals surface area contributed by atoms with Crippen LogP contribution in [0.1, 0.15) is 47.2 Å². The molecule has 3 atom stereocenters. The molecule has 0 saturated carbocycles. The highest BCUT2D eigenvalue weighted by Gasteiger charge is 2.39. The Kier molecular flexibility index (Phi) is 4.12. The van der Waals surface area contributed by atoms with E-state index in [1.165, 1.54) is 16.7 Å². The number of aromatic nitrogens is 2. The minimum absolute atomic E-state index is 0.118. The van der Waals surface area contributed by atoms with E-state index >= 15 is 0 Å². The molecular formula is C20H26N4O. The molecule has 1 aromatic carbocycles. The summed E-state index contributed by atoms with van der Waals surface area (Å²) >= 11 is 0. The van der Waals surface area contributed by atoms with Gasteiger partial charge in [0, 0.05) is 50.8 Å². The van der Waals surface area contributed by atoms with Crippen LogP contribution >= 0.6 is 0 Å². The molecule has 0 spiro atoms. The van der Waals surface area contributed by atoms with Crippen LogP contribution in [0.15, 0.2) is 30.6 Å². The monoisotopic (exact) mass is 338 g/mol. The molecule has 1 amide bonds. The first-order valence-corrected chi connectivity index (χ1v) is 9.10. The summed E-state index contributed by atoms with van der Waals surface area (Å²) in [7, 11) is 3.83. The van der Waals surface area contributed by atoms with Crippen molar-refractivity contribution >= 4 is 5.91 Å². The third kappa shape index (κ3) is 2.97. The lowest BCUT2D eigenvalue weighted by molar-refractivity contribution is -0.127. The summed E-state index contributed by atoms with van der Waals surface area (Å²) in [6, 6.07) is 7.30. The largest absolute Gasteiger partial charge is 0.338 e. The van der Waals surface area contributed by atoms with Crippen molar-refractivity contribution in [2.75, 3.05) is 13.6 Å². The molecule has 5 nitrogen and oxygen atoms in total. The highest BCUT2D eigenvalue weighted by Crippen LogP contribution is 2.38. The average Bonchev–Trinajstić information content (AvgIpc) is 3.25. The van der Waals surface area contributed by atoms with Gasteiger partial charge < -0.3 is 10.2 Å². The lowest BCUT2D eigenvalue weighted by Crippen LogP contribution is -2.30. The maximum absolute atomic E-state index is 12.3. The summed E-state index contributed by atoms with van der Waals surface area (Å²) in [5.41, 5.74) is 5.35. The fourth-order valence-corrected chi connectivity index (χ4v) is 4.45. The van der Waals surface area contributed by atoms with Crippen molar-refractivity contribution in [1.29, 1.82) is 0 Å². The average molecular weight is 338 g/mol. The summed E-state index contributed by atoms with van der Waals surface area (Å²) in [4.78, 5) is 14.2. The maximum atomic E-state index is 12.3. The lowest BCUT2D eigenvalue weighted by Gasteiger charge is -2.25. The van der Waals surface area contributed by atoms with Crippen LogP contribution in [0.25, 0.3) is 0 Å². The molecule has 1 N–H and O–H groups in total. The van der Waals surface area contributed by atoms with E-state index in [1.54, 1.807) is 0 Å². The number of carbonyl (C=O) groups excluding carboxylic acids is 1. The van der Waals surface area contributed by atoms with Gasteiger partial charge in [0.1, 0.15) is 0 Å². The Labute approximate surface area is 149 Å². The molecule has 1 unspecified atom stereocenters. The number of amides is 1. The maximum Gasteiger partial charge on any atom is 0.223 e. The van der Waals surface area contributed by atoms with E-state index in [-0.39, 0.29) is 17.9 Å². The zero-order valence-corrected chi connectivity index (χ0v) is 15.2. The molecule has 4 rings (SSSR count). The van der Waals surface area contributed by atoms with Gasteiger partial charge >= 0.3 is 0 Å². The highest BCUT2D eigenvalue weighted by molar-refractivity contribution is 5.79. The van der Waals surface area contributed by atoms with Crippen LogP contribution in [-0.4, -0.2) is 34.2 Å². The smallest absolute Gasteiger partial charge is 0.223 e. The van der Waals surface area contributed by atoms with Gasteiger partial charge in [-0.05, 0) is 30.9 Å². The molecule has 2 heterocycles. The molecule has 2 aromatic rings. The molecule has 5 heteroatoms. The predicted octanol–water partition coefficient (Wildman–Crippen LogP) is 2.53. The predicted molar refractivity (Wildman–Crippen MR) is 97.1 cm³/mol. The fourth-order valence-electron chi connectivity index (χ4n) is 4.45. The number of nitrogens with zero attached hydrogens (tertiary/aromatic N) is 3. The normalized spacial score (nSPS) is 25.6. The lowest BCUT2D eigenvalue weighted by atomic mass is 9.95. The number of fused-ring (bicyclic) bond motifs is 1. The minimum atomic E-state index is 0.118. The first-order chi connectivity index (χ1) is 12.0. The van der Waals surface area contributed by atoms with E-state index in [0.29, 0.717) is 12.5 Å². The number of rotatable bonds is 4. The zero-order chi connectivity index (χ0) is 17.6. The second kappa shape index (κ2) is 6.30. The van der Waals surface area contributed by atoms with Gasteiger partial charge in [-0.3, -0.25) is 9.48 Å². The first-order valence-electron chi connectivity index (χ1n) is 9.10. The Hall–Kier alpha value is -2.14. The van der Waals surface area contributed by atoms with E-state index in [4.69, 9.17) is 0 Å². The molecule has 1 aliphatic carbocycles. The molecular weight excluding hydrogens is 312 g/mol. The fraction of sp³-hybridized carbons (Fsp3) is 0.500. The Morgan fingerprint density at radius 3 is 2.92 bits per heavy atom. The number of carbonyl (C=O) groups is 1. The van der Waals surface area contributed by atoms with E-state index in [2.05, 4.69) is 35.5 Å². The van der Waals surface area contributed by atoms with E-state index in [1.807, 2.05) is 36.1 Å². The standard InChI is InChI=1S/C20H26N4O/c1-13-4-5-14-6-7-18(17(14)8-13)21-10-15-9-19(25)24(3)20(15)16-11-22-23(2)12-16/h4-5,8,11-12,15,18,20-21H,6-7,9-10H2,1-3H3/t15-,18?,20+/m0/s1. The van der Waals surface area contributed by atoms with Gasteiger partial charge in [0.15, 0.2) is 0 Å². The van der Waals surface area contributed by atoms with Crippen molar-refractivity contribution in [3.63, 3.8) is 0 Å². The van der Waals surface area contributed by atoms with Crippen LogP contribution in [0.2, 0.25) is 0 Å². The summed E-state index contributed by atoms with van der Waals surface area (Å²) in [5.74, 6) is 0.513. The number of aryl methyl sites for hydroxylation is 3. The molecule has 1 aromatic heterocycles. The summed E-state index contributed by atoms with van der Waals surface area (Å²) in [5, 5.41) is 8.04. The van der Waals surface area contributed by atoms with Gasteiger partial charge in [-0.2, -0.15) is 5.10 Å². The van der Waals surface area contributed by atoms with Gasteiger partial charge in [-0.1, -0.05) is 23.8 Å². The number of benzene rings is 1. The van der Waals surface area contributed by atoms with Crippen molar-refractivity contribution in [2.24, 2.45) is 13.0 Å². The van der Waals surface area contributed by atoms with Crippen LogP contribution in [0, 0.1) is 12.8 Å². The molecule has 2 aliphatic rings. The van der Waals surface area contributed by atoms with Crippen molar-refractivity contribution in [3.05, 3.63) is 52.8 Å². The Bertz CT molecular complexity index is 797. The van der Waals surface area contributed by atoms with Crippen molar-refractivity contribution in [2.45, 2.75) is 38.3 Å². The summed E-state index contributed by atoms with van der Waals surface area (Å²) < 4.78 is 1.81. The minimum Gasteiger partial charge on any atom is -0.338 e. The highest BCUT2D eigenvalue weighted by atomic mass is 16.2. The van der Waals surface area contributed by atoms with Crippen molar-refractivity contribution in [3.8, 4) is 0 Å². The second-order valence-electron chi connectivity index (χ2n) is 7.56. The number of likely N-dealkylation sites (tertiary alicyclic amines) is 1. The van der Waals surface area contributed by atoms with Crippen LogP contribution in [0.5, 0.6) is 0 Å². The number of hydrogen-bond donors (Lipinski definition) is 1. The van der Waals surface area contributed by atoms with Crippen molar-refractivity contribution in [1.82, 2.24) is 20.0 Å². The van der Waals surface area contributed by atoms with Gasteiger partial charge in [0.2, 0.25) is 5.91 Å². The van der Waals surface area contributed by atoms with Crippen LogP contribution in [-0.2, 0) is 18.3 Å². The molecule has 1 saturated heterocycles. The molecule has 0 radical (unpaired) electrons. The van der Waals surface area contributed by atoms with Crippen molar-refractivity contribution < 1.29 is 4.79 Å². The topological polar surface area (TPSA) is 50.2 Å². The number of nitrogens with one attached hydrogen (secondary N) is 1. The zero-order valence-electron chi connectivity index (χ0n) is 15.2. The molecule has 1 fully saturated rings. The molecule has 1 aliphatic heterocycles. The van der Waals surface area contributed by atoms with Crippen LogP contribution in [0.3, 0.4) is 0 Å². The summed E-state index contributed by atoms with van der Waals surface area (Å²) in [6.07, 6.45) is 6.81. The first kappa shape index (κ1) is 16.3.